The Hall–Kier alpha value is -2.35. The minimum absolute atomic E-state index is 0.0196. The maximum atomic E-state index is 12.5. The molecular formula is C24H34O8. The SMILES string of the molecule is CCC(C)CC(=O)O[C@H]1C=C2C(COC(C)=O)=CO[C@@H](OC(=O)CC(C)C)[C@@H]2C[C@@]12CO2. The van der Waals surface area contributed by atoms with Gasteiger partial charge in [-0.2, -0.15) is 0 Å². The molecule has 0 aromatic carbocycles. The molecule has 1 saturated heterocycles. The van der Waals surface area contributed by atoms with Gasteiger partial charge in [0.1, 0.15) is 12.2 Å². The Balaban J connectivity index is 1.83. The van der Waals surface area contributed by atoms with Crippen molar-refractivity contribution in [3.8, 4) is 0 Å². The molecular weight excluding hydrogens is 416 g/mol. The van der Waals surface area contributed by atoms with Crippen molar-refractivity contribution in [1.29, 1.82) is 0 Å². The van der Waals surface area contributed by atoms with E-state index < -0.39 is 24.0 Å². The maximum Gasteiger partial charge on any atom is 0.309 e. The van der Waals surface area contributed by atoms with E-state index in [1.807, 2.05) is 33.8 Å². The smallest absolute Gasteiger partial charge is 0.309 e. The van der Waals surface area contributed by atoms with Crippen LogP contribution in [0.3, 0.4) is 0 Å². The molecule has 0 aromatic rings. The molecule has 1 aliphatic carbocycles. The summed E-state index contributed by atoms with van der Waals surface area (Å²) in [6.07, 6.45) is 3.91. The topological polar surface area (TPSA) is 101 Å². The van der Waals surface area contributed by atoms with E-state index in [1.54, 1.807) is 0 Å². The molecule has 0 radical (unpaired) electrons. The normalized spacial score (nSPS) is 29.2. The largest absolute Gasteiger partial charge is 0.461 e. The summed E-state index contributed by atoms with van der Waals surface area (Å²) < 4.78 is 28.1. The van der Waals surface area contributed by atoms with Crippen molar-refractivity contribution in [2.45, 2.75) is 78.3 Å². The predicted molar refractivity (Wildman–Crippen MR) is 114 cm³/mol. The van der Waals surface area contributed by atoms with Crippen LogP contribution in [-0.4, -0.2) is 49.1 Å². The van der Waals surface area contributed by atoms with Crippen LogP contribution in [0.2, 0.25) is 0 Å². The standard InChI is InChI=1S/C24H34O8/c1-6-15(4)8-22(27)31-20-9-18-17(11-28-16(5)25)12-29-23(32-21(26)7-14(2)3)19(18)10-24(20)13-30-24/h9,12,14-15,19-20,23H,6-8,10-11,13H2,1-5H3/t15?,19-,20+,23+,24-/m1/s1. The zero-order chi connectivity index (χ0) is 23.5. The van der Waals surface area contributed by atoms with E-state index in [0.717, 1.165) is 12.0 Å². The lowest BCUT2D eigenvalue weighted by Crippen LogP contribution is -2.45. The lowest BCUT2D eigenvalue weighted by molar-refractivity contribution is -0.182. The number of carbonyl (C=O) groups excluding carboxylic acids is 3. The van der Waals surface area contributed by atoms with Crippen molar-refractivity contribution in [3.63, 3.8) is 0 Å². The molecule has 8 nitrogen and oxygen atoms in total. The molecule has 32 heavy (non-hydrogen) atoms. The van der Waals surface area contributed by atoms with Crippen LogP contribution in [0.5, 0.6) is 0 Å². The van der Waals surface area contributed by atoms with Crippen molar-refractivity contribution in [3.05, 3.63) is 23.5 Å². The third kappa shape index (κ3) is 5.91. The lowest BCUT2D eigenvalue weighted by Gasteiger charge is -2.39. The summed E-state index contributed by atoms with van der Waals surface area (Å²) in [7, 11) is 0. The molecule has 2 heterocycles. The fourth-order valence-corrected chi connectivity index (χ4v) is 3.99. The van der Waals surface area contributed by atoms with E-state index in [4.69, 9.17) is 23.7 Å². The first-order chi connectivity index (χ1) is 15.1. The second-order valence-electron chi connectivity index (χ2n) is 9.43. The zero-order valence-corrected chi connectivity index (χ0v) is 19.6. The van der Waals surface area contributed by atoms with Crippen LogP contribution >= 0.6 is 0 Å². The highest BCUT2D eigenvalue weighted by atomic mass is 16.7. The Morgan fingerprint density at radius 1 is 1.16 bits per heavy atom. The Kier molecular flexibility index (Phi) is 7.64. The van der Waals surface area contributed by atoms with E-state index in [1.165, 1.54) is 13.2 Å². The molecule has 3 rings (SSSR count). The molecule has 0 saturated carbocycles. The summed E-state index contributed by atoms with van der Waals surface area (Å²) in [6, 6.07) is 0. The number of fused-ring (bicyclic) bond motifs is 1. The van der Waals surface area contributed by atoms with E-state index in [9.17, 15) is 14.4 Å². The summed E-state index contributed by atoms with van der Waals surface area (Å²) in [5.41, 5.74) is 0.803. The first-order valence-electron chi connectivity index (χ1n) is 11.4. The van der Waals surface area contributed by atoms with Crippen LogP contribution in [0.15, 0.2) is 23.5 Å². The van der Waals surface area contributed by atoms with Crippen molar-refractivity contribution >= 4 is 17.9 Å². The fraction of sp³-hybridized carbons (Fsp3) is 0.708. The minimum Gasteiger partial charge on any atom is -0.461 e. The van der Waals surface area contributed by atoms with E-state index in [0.29, 0.717) is 25.0 Å². The lowest BCUT2D eigenvalue weighted by atomic mass is 9.75. The second kappa shape index (κ2) is 10.1. The van der Waals surface area contributed by atoms with E-state index in [2.05, 4.69) is 0 Å². The molecule has 0 bridgehead atoms. The molecule has 3 aliphatic rings. The predicted octanol–water partition coefficient (Wildman–Crippen LogP) is 3.44. The fourth-order valence-electron chi connectivity index (χ4n) is 3.99. The number of hydrogen-bond acceptors (Lipinski definition) is 8. The molecule has 0 amide bonds. The van der Waals surface area contributed by atoms with Gasteiger partial charge in [-0.15, -0.1) is 0 Å². The molecule has 8 heteroatoms. The van der Waals surface area contributed by atoms with E-state index >= 15 is 0 Å². The third-order valence-electron chi connectivity index (χ3n) is 6.10. The van der Waals surface area contributed by atoms with Gasteiger partial charge in [0.25, 0.3) is 0 Å². The monoisotopic (exact) mass is 450 g/mol. The van der Waals surface area contributed by atoms with Crippen molar-refractivity contribution in [1.82, 2.24) is 0 Å². The molecule has 2 aliphatic heterocycles. The van der Waals surface area contributed by atoms with Gasteiger partial charge >= 0.3 is 17.9 Å². The van der Waals surface area contributed by atoms with Gasteiger partial charge in [0, 0.05) is 25.3 Å². The van der Waals surface area contributed by atoms with Crippen molar-refractivity contribution in [2.75, 3.05) is 13.2 Å². The molecule has 5 atom stereocenters. The van der Waals surface area contributed by atoms with Gasteiger partial charge in [-0.25, -0.2) is 0 Å². The molecule has 0 aromatic heterocycles. The van der Waals surface area contributed by atoms with Gasteiger partial charge < -0.3 is 23.7 Å². The van der Waals surface area contributed by atoms with Gasteiger partial charge in [-0.05, 0) is 29.9 Å². The van der Waals surface area contributed by atoms with Crippen LogP contribution in [0.4, 0.5) is 0 Å². The number of esters is 3. The number of ether oxygens (including phenoxy) is 5. The molecule has 178 valence electrons. The highest BCUT2D eigenvalue weighted by molar-refractivity contribution is 5.71. The van der Waals surface area contributed by atoms with Crippen LogP contribution in [0, 0.1) is 17.8 Å². The third-order valence-corrected chi connectivity index (χ3v) is 6.10. The second-order valence-corrected chi connectivity index (χ2v) is 9.43. The van der Waals surface area contributed by atoms with Gasteiger partial charge in [-0.1, -0.05) is 34.1 Å². The number of rotatable bonds is 9. The summed E-state index contributed by atoms with van der Waals surface area (Å²) >= 11 is 0. The van der Waals surface area contributed by atoms with Crippen LogP contribution in [0.1, 0.15) is 60.3 Å². The molecule has 1 unspecified atom stereocenters. The highest BCUT2D eigenvalue weighted by Crippen LogP contribution is 2.49. The molecule has 1 fully saturated rings. The number of hydrogen-bond donors (Lipinski definition) is 0. The number of carbonyl (C=O) groups is 3. The molecule has 0 N–H and O–H groups in total. The van der Waals surface area contributed by atoms with E-state index in [-0.39, 0.29) is 42.7 Å². The van der Waals surface area contributed by atoms with Gasteiger partial charge in [0.15, 0.2) is 6.10 Å². The highest BCUT2D eigenvalue weighted by Gasteiger charge is 2.59. The quantitative estimate of drug-likeness (QED) is 0.299. The average Bonchev–Trinajstić information content (AvgIpc) is 3.47. The summed E-state index contributed by atoms with van der Waals surface area (Å²) in [5.74, 6) is -0.942. The summed E-state index contributed by atoms with van der Waals surface area (Å²) in [5, 5.41) is 0. The van der Waals surface area contributed by atoms with Crippen molar-refractivity contribution in [2.24, 2.45) is 17.8 Å². The molecule has 1 spiro atoms. The summed E-state index contributed by atoms with van der Waals surface area (Å²) in [6.45, 7) is 9.73. The Bertz CT molecular complexity index is 792. The average molecular weight is 451 g/mol. The Morgan fingerprint density at radius 2 is 1.84 bits per heavy atom. The number of epoxide rings is 1. The zero-order valence-electron chi connectivity index (χ0n) is 19.6. The van der Waals surface area contributed by atoms with Crippen LogP contribution < -0.4 is 0 Å². The minimum atomic E-state index is -0.814. The van der Waals surface area contributed by atoms with Crippen molar-refractivity contribution < 1.29 is 38.1 Å². The van der Waals surface area contributed by atoms with Crippen LogP contribution in [0.25, 0.3) is 0 Å². The van der Waals surface area contributed by atoms with Gasteiger partial charge in [-0.3, -0.25) is 14.4 Å². The van der Waals surface area contributed by atoms with Gasteiger partial charge in [0.05, 0.1) is 18.8 Å². The summed E-state index contributed by atoms with van der Waals surface area (Å²) in [4.78, 5) is 36.1. The Morgan fingerprint density at radius 3 is 2.44 bits per heavy atom. The van der Waals surface area contributed by atoms with Gasteiger partial charge in [0.2, 0.25) is 6.29 Å². The van der Waals surface area contributed by atoms with Crippen LogP contribution in [-0.2, 0) is 38.1 Å². The maximum absolute atomic E-state index is 12.5. The Labute approximate surface area is 189 Å². The first kappa shape index (κ1) is 24.3. The first-order valence-corrected chi connectivity index (χ1v) is 11.4.